The quantitative estimate of drug-likeness (QED) is 0.193. The number of halogens is 1. The lowest BCUT2D eigenvalue weighted by Gasteiger charge is -2.14. The van der Waals surface area contributed by atoms with Gasteiger partial charge in [-0.05, 0) is 55.0 Å². The van der Waals surface area contributed by atoms with E-state index in [2.05, 4.69) is 26.0 Å². The van der Waals surface area contributed by atoms with E-state index >= 15 is 0 Å². The van der Waals surface area contributed by atoms with Crippen molar-refractivity contribution in [2.75, 3.05) is 12.1 Å². The Morgan fingerprint density at radius 3 is 2.41 bits per heavy atom. The van der Waals surface area contributed by atoms with Crippen LogP contribution in [0.3, 0.4) is 0 Å². The molecule has 1 heterocycles. The fourth-order valence-corrected chi connectivity index (χ4v) is 4.41. The number of thiazole rings is 1. The van der Waals surface area contributed by atoms with E-state index in [1.807, 2.05) is 49.4 Å². The number of hydrogen-bond acceptors (Lipinski definition) is 6. The smallest absolute Gasteiger partial charge is 0.337 e. The molecule has 0 N–H and O–H groups in total. The maximum absolute atomic E-state index is 13.4. The SMILES string of the molecule is COC(=O)c1ccc(C(=O)N(/N=C/c2ccc(C)cc2)c2nc3ccc(Br)cc3s2)cc1. The molecule has 0 aliphatic carbocycles. The van der Waals surface area contributed by atoms with Gasteiger partial charge in [0.05, 0.1) is 29.1 Å². The van der Waals surface area contributed by atoms with Crippen LogP contribution in [0, 0.1) is 6.92 Å². The van der Waals surface area contributed by atoms with Gasteiger partial charge in [-0.3, -0.25) is 4.79 Å². The van der Waals surface area contributed by atoms with Crippen molar-refractivity contribution < 1.29 is 14.3 Å². The summed E-state index contributed by atoms with van der Waals surface area (Å²) in [4.78, 5) is 29.7. The van der Waals surface area contributed by atoms with Crippen LogP contribution in [0.15, 0.2) is 76.3 Å². The number of hydrazone groups is 1. The van der Waals surface area contributed by atoms with Gasteiger partial charge in [0, 0.05) is 10.0 Å². The summed E-state index contributed by atoms with van der Waals surface area (Å²) in [6.07, 6.45) is 1.63. The molecule has 0 atom stereocenters. The first kappa shape index (κ1) is 21.9. The first-order valence-corrected chi connectivity index (χ1v) is 11.2. The first-order chi connectivity index (χ1) is 15.4. The third-order valence-electron chi connectivity index (χ3n) is 4.67. The Morgan fingerprint density at radius 2 is 1.72 bits per heavy atom. The van der Waals surface area contributed by atoms with E-state index in [-0.39, 0.29) is 5.91 Å². The van der Waals surface area contributed by atoms with E-state index in [4.69, 9.17) is 4.74 Å². The van der Waals surface area contributed by atoms with E-state index in [0.29, 0.717) is 16.3 Å². The number of aromatic nitrogens is 1. The number of nitrogens with zero attached hydrogens (tertiary/aromatic N) is 3. The number of ether oxygens (including phenoxy) is 1. The third-order valence-corrected chi connectivity index (χ3v) is 6.15. The number of rotatable bonds is 5. The Balaban J connectivity index is 1.72. The lowest BCUT2D eigenvalue weighted by Crippen LogP contribution is -2.25. The Labute approximate surface area is 197 Å². The van der Waals surface area contributed by atoms with Crippen LogP contribution in [-0.2, 0) is 4.74 Å². The molecule has 0 aliphatic heterocycles. The normalized spacial score (nSPS) is 11.1. The molecule has 6 nitrogen and oxygen atoms in total. The second-order valence-corrected chi connectivity index (χ2v) is 8.87. The third kappa shape index (κ3) is 4.76. The molecule has 0 aliphatic rings. The Hall–Kier alpha value is -3.36. The van der Waals surface area contributed by atoms with Crippen LogP contribution in [-0.4, -0.2) is 30.2 Å². The van der Waals surface area contributed by atoms with Crippen LogP contribution in [0.2, 0.25) is 0 Å². The van der Waals surface area contributed by atoms with Gasteiger partial charge >= 0.3 is 5.97 Å². The van der Waals surface area contributed by atoms with E-state index in [1.165, 1.54) is 23.5 Å². The van der Waals surface area contributed by atoms with Crippen molar-refractivity contribution in [2.24, 2.45) is 5.10 Å². The van der Waals surface area contributed by atoms with E-state index < -0.39 is 5.97 Å². The van der Waals surface area contributed by atoms with Crippen molar-refractivity contribution in [1.29, 1.82) is 0 Å². The molecule has 1 amide bonds. The molecule has 0 bridgehead atoms. The second-order valence-electron chi connectivity index (χ2n) is 6.95. The minimum absolute atomic E-state index is 0.358. The van der Waals surface area contributed by atoms with Crippen LogP contribution < -0.4 is 5.01 Å². The molecule has 0 saturated heterocycles. The van der Waals surface area contributed by atoms with Gasteiger partial charge in [-0.25, -0.2) is 9.78 Å². The molecule has 1 aromatic heterocycles. The highest BCUT2D eigenvalue weighted by molar-refractivity contribution is 9.10. The molecule has 4 rings (SSSR count). The number of anilines is 1. The van der Waals surface area contributed by atoms with Gasteiger partial charge in [0.1, 0.15) is 0 Å². The molecular weight excluding hydrogens is 490 g/mol. The summed E-state index contributed by atoms with van der Waals surface area (Å²) in [6.45, 7) is 2.01. The summed E-state index contributed by atoms with van der Waals surface area (Å²) in [5, 5.41) is 6.20. The number of esters is 1. The summed E-state index contributed by atoms with van der Waals surface area (Å²) >= 11 is 4.83. The number of methoxy groups -OCH3 is 1. The lowest BCUT2D eigenvalue weighted by atomic mass is 10.1. The molecule has 0 spiro atoms. The summed E-state index contributed by atoms with van der Waals surface area (Å²) in [5.41, 5.74) is 3.51. The molecule has 160 valence electrons. The standard InChI is InChI=1S/C24H18BrN3O3S/c1-15-3-5-16(6-4-15)14-26-28(24-27-20-12-11-19(25)13-21(20)32-24)22(29)17-7-9-18(10-8-17)23(30)31-2/h3-14H,1-2H3/b26-14+. The number of amides is 1. The molecule has 3 aromatic carbocycles. The summed E-state index contributed by atoms with van der Waals surface area (Å²) in [7, 11) is 1.31. The first-order valence-electron chi connectivity index (χ1n) is 9.64. The fourth-order valence-electron chi connectivity index (χ4n) is 2.93. The highest BCUT2D eigenvalue weighted by atomic mass is 79.9. The van der Waals surface area contributed by atoms with Gasteiger partial charge in [-0.2, -0.15) is 10.1 Å². The van der Waals surface area contributed by atoms with Crippen molar-refractivity contribution in [3.8, 4) is 0 Å². The minimum atomic E-state index is -0.463. The molecule has 0 fully saturated rings. The van der Waals surface area contributed by atoms with E-state index in [9.17, 15) is 9.59 Å². The van der Waals surface area contributed by atoms with Crippen LogP contribution >= 0.6 is 27.3 Å². The van der Waals surface area contributed by atoms with Crippen LogP contribution in [0.5, 0.6) is 0 Å². The van der Waals surface area contributed by atoms with Gasteiger partial charge in [-0.1, -0.05) is 57.1 Å². The maximum Gasteiger partial charge on any atom is 0.337 e. The van der Waals surface area contributed by atoms with Gasteiger partial charge in [-0.15, -0.1) is 0 Å². The lowest BCUT2D eigenvalue weighted by molar-refractivity contribution is 0.0600. The zero-order valence-electron chi connectivity index (χ0n) is 17.3. The monoisotopic (exact) mass is 507 g/mol. The largest absolute Gasteiger partial charge is 0.465 e. The van der Waals surface area contributed by atoms with E-state index in [1.54, 1.807) is 30.5 Å². The summed E-state index contributed by atoms with van der Waals surface area (Å²) in [6, 6.07) is 19.8. The fraction of sp³-hybridized carbons (Fsp3) is 0.0833. The number of carbonyl (C=O) groups is 2. The summed E-state index contributed by atoms with van der Waals surface area (Å²) in [5.74, 6) is -0.821. The van der Waals surface area contributed by atoms with Crippen molar-refractivity contribution in [2.45, 2.75) is 6.92 Å². The number of fused-ring (bicyclic) bond motifs is 1. The van der Waals surface area contributed by atoms with Crippen LogP contribution in [0.25, 0.3) is 10.2 Å². The summed E-state index contributed by atoms with van der Waals surface area (Å²) < 4.78 is 6.58. The zero-order chi connectivity index (χ0) is 22.7. The molecule has 0 saturated carbocycles. The van der Waals surface area contributed by atoms with Gasteiger partial charge < -0.3 is 4.74 Å². The molecule has 0 unspecified atom stereocenters. The minimum Gasteiger partial charge on any atom is -0.465 e. The second kappa shape index (κ2) is 9.42. The number of aryl methyl sites for hydroxylation is 1. The highest BCUT2D eigenvalue weighted by Gasteiger charge is 2.21. The maximum atomic E-state index is 13.4. The predicted molar refractivity (Wildman–Crippen MR) is 131 cm³/mol. The van der Waals surface area contributed by atoms with Crippen LogP contribution in [0.4, 0.5) is 5.13 Å². The van der Waals surface area contributed by atoms with Gasteiger partial charge in [0.2, 0.25) is 5.13 Å². The Kier molecular flexibility index (Phi) is 6.43. The van der Waals surface area contributed by atoms with Crippen molar-refractivity contribution in [3.05, 3.63) is 93.5 Å². The number of carbonyl (C=O) groups excluding carboxylic acids is 2. The van der Waals surface area contributed by atoms with E-state index in [0.717, 1.165) is 25.8 Å². The molecule has 4 aromatic rings. The molecule has 32 heavy (non-hydrogen) atoms. The van der Waals surface area contributed by atoms with Crippen molar-refractivity contribution in [3.63, 3.8) is 0 Å². The van der Waals surface area contributed by atoms with Crippen LogP contribution in [0.1, 0.15) is 31.8 Å². The van der Waals surface area contributed by atoms with Crippen molar-refractivity contribution in [1.82, 2.24) is 4.98 Å². The Bertz CT molecular complexity index is 1310. The Morgan fingerprint density at radius 1 is 1.03 bits per heavy atom. The topological polar surface area (TPSA) is 71.9 Å². The number of hydrogen-bond donors (Lipinski definition) is 0. The average Bonchev–Trinajstić information content (AvgIpc) is 3.22. The molecule has 8 heteroatoms. The van der Waals surface area contributed by atoms with Crippen molar-refractivity contribution >= 4 is 60.7 Å². The average molecular weight is 508 g/mol. The van der Waals surface area contributed by atoms with Gasteiger partial charge in [0.25, 0.3) is 5.91 Å². The highest BCUT2D eigenvalue weighted by Crippen LogP contribution is 2.32. The molecular formula is C24H18BrN3O3S. The zero-order valence-corrected chi connectivity index (χ0v) is 19.7. The predicted octanol–water partition coefficient (Wildman–Crippen LogP) is 5.83. The van der Waals surface area contributed by atoms with Gasteiger partial charge in [0.15, 0.2) is 0 Å². The number of benzene rings is 3. The molecule has 0 radical (unpaired) electrons.